The quantitative estimate of drug-likeness (QED) is 0.806. The zero-order valence-electron chi connectivity index (χ0n) is 17.7. The fraction of sp³-hybridized carbons (Fsp3) is 0.565. The van der Waals surface area contributed by atoms with Gasteiger partial charge in [-0.3, -0.25) is 4.90 Å². The number of aromatic nitrogens is 2. The van der Waals surface area contributed by atoms with E-state index in [9.17, 15) is 5.11 Å². The number of benzene rings is 1. The molecular formula is C23H32N4O2. The Labute approximate surface area is 173 Å². The molecule has 0 amide bonds. The van der Waals surface area contributed by atoms with Crippen molar-refractivity contribution in [2.45, 2.75) is 46.1 Å². The summed E-state index contributed by atoms with van der Waals surface area (Å²) >= 11 is 0. The number of phenols is 1. The van der Waals surface area contributed by atoms with Crippen LogP contribution in [0.25, 0.3) is 11.3 Å². The van der Waals surface area contributed by atoms with Crippen molar-refractivity contribution < 1.29 is 9.84 Å². The fourth-order valence-corrected chi connectivity index (χ4v) is 4.30. The van der Waals surface area contributed by atoms with Gasteiger partial charge >= 0.3 is 0 Å². The van der Waals surface area contributed by atoms with E-state index in [-0.39, 0.29) is 0 Å². The monoisotopic (exact) mass is 396 g/mol. The normalized spacial score (nSPS) is 17.8. The fourth-order valence-electron chi connectivity index (χ4n) is 4.30. The third-order valence-electron chi connectivity index (χ3n) is 5.95. The molecule has 1 N–H and O–H groups in total. The number of aryl methyl sites for hydroxylation is 1. The SMILES string of the molecule is CCCc1c(C)nc(N2CCOCC2)nc1-c1ccc(CN2CCCC2)c(O)c1. The molecule has 0 aliphatic carbocycles. The molecule has 0 bridgehead atoms. The Hall–Kier alpha value is -2.18. The molecule has 0 unspecified atom stereocenters. The maximum absolute atomic E-state index is 10.7. The average molecular weight is 397 g/mol. The smallest absolute Gasteiger partial charge is 0.226 e. The number of likely N-dealkylation sites (tertiary alicyclic amines) is 1. The first kappa shape index (κ1) is 20.1. The molecule has 2 aliphatic rings. The predicted molar refractivity (Wildman–Crippen MR) is 115 cm³/mol. The van der Waals surface area contributed by atoms with E-state index in [2.05, 4.69) is 35.8 Å². The van der Waals surface area contributed by atoms with Gasteiger partial charge in [0.1, 0.15) is 5.75 Å². The Bertz CT molecular complexity index is 843. The summed E-state index contributed by atoms with van der Waals surface area (Å²) in [7, 11) is 0. The van der Waals surface area contributed by atoms with Crippen LogP contribution in [-0.2, 0) is 17.7 Å². The van der Waals surface area contributed by atoms with Crippen LogP contribution in [0.5, 0.6) is 5.75 Å². The summed E-state index contributed by atoms with van der Waals surface area (Å²) in [6.45, 7) is 10.3. The van der Waals surface area contributed by atoms with Crippen LogP contribution in [0.3, 0.4) is 0 Å². The lowest BCUT2D eigenvalue weighted by Gasteiger charge is -2.28. The molecule has 4 rings (SSSR count). The van der Waals surface area contributed by atoms with Crippen molar-refractivity contribution in [3.63, 3.8) is 0 Å². The van der Waals surface area contributed by atoms with Crippen molar-refractivity contribution in [1.29, 1.82) is 0 Å². The number of phenolic OH excluding ortho intramolecular Hbond substituents is 1. The molecule has 1 aromatic heterocycles. The lowest BCUT2D eigenvalue weighted by molar-refractivity contribution is 0.122. The minimum absolute atomic E-state index is 0.362. The summed E-state index contributed by atoms with van der Waals surface area (Å²) in [5.74, 6) is 1.13. The lowest BCUT2D eigenvalue weighted by atomic mass is 9.99. The minimum atomic E-state index is 0.362. The lowest BCUT2D eigenvalue weighted by Crippen LogP contribution is -2.37. The van der Waals surface area contributed by atoms with E-state index in [0.717, 1.165) is 74.0 Å². The van der Waals surface area contributed by atoms with Crippen LogP contribution in [0, 0.1) is 6.92 Å². The van der Waals surface area contributed by atoms with Crippen molar-refractivity contribution in [2.75, 3.05) is 44.3 Å². The Kier molecular flexibility index (Phi) is 6.31. The molecule has 0 atom stereocenters. The van der Waals surface area contributed by atoms with Crippen LogP contribution in [0.1, 0.15) is 43.0 Å². The van der Waals surface area contributed by atoms with Gasteiger partial charge < -0.3 is 14.7 Å². The number of rotatable bonds is 6. The molecular weight excluding hydrogens is 364 g/mol. The molecule has 2 aromatic rings. The summed E-state index contributed by atoms with van der Waals surface area (Å²) < 4.78 is 5.48. The summed E-state index contributed by atoms with van der Waals surface area (Å²) in [4.78, 5) is 14.4. The standard InChI is InChI=1S/C23H32N4O2/c1-3-6-20-17(2)24-23(27-11-13-29-14-12-27)25-22(20)18-7-8-19(21(28)15-18)16-26-9-4-5-10-26/h7-8,15,28H,3-6,9-14,16H2,1-2H3. The van der Waals surface area contributed by atoms with E-state index >= 15 is 0 Å². The van der Waals surface area contributed by atoms with Crippen LogP contribution < -0.4 is 4.90 Å². The Morgan fingerprint density at radius 3 is 2.52 bits per heavy atom. The van der Waals surface area contributed by atoms with Gasteiger partial charge in [0.2, 0.25) is 5.95 Å². The molecule has 1 aromatic carbocycles. The molecule has 6 nitrogen and oxygen atoms in total. The van der Waals surface area contributed by atoms with Crippen molar-refractivity contribution in [3.8, 4) is 17.0 Å². The second-order valence-corrected chi connectivity index (χ2v) is 8.11. The molecule has 2 saturated heterocycles. The number of morpholine rings is 1. The number of ether oxygens (including phenoxy) is 1. The van der Waals surface area contributed by atoms with Crippen LogP contribution in [0.2, 0.25) is 0 Å². The van der Waals surface area contributed by atoms with Gasteiger partial charge in [0, 0.05) is 36.5 Å². The Balaban J connectivity index is 1.67. The number of aromatic hydroxyl groups is 1. The zero-order valence-corrected chi connectivity index (χ0v) is 17.7. The number of hydrogen-bond acceptors (Lipinski definition) is 6. The maximum Gasteiger partial charge on any atom is 0.226 e. The van der Waals surface area contributed by atoms with E-state index in [1.807, 2.05) is 6.07 Å². The molecule has 0 radical (unpaired) electrons. The third kappa shape index (κ3) is 4.54. The highest BCUT2D eigenvalue weighted by Gasteiger charge is 2.20. The first-order chi connectivity index (χ1) is 14.2. The van der Waals surface area contributed by atoms with Crippen molar-refractivity contribution in [2.24, 2.45) is 0 Å². The molecule has 2 fully saturated rings. The highest BCUT2D eigenvalue weighted by molar-refractivity contribution is 5.68. The zero-order chi connectivity index (χ0) is 20.2. The van der Waals surface area contributed by atoms with Crippen LogP contribution in [0.15, 0.2) is 18.2 Å². The summed E-state index contributed by atoms with van der Waals surface area (Å²) in [6.07, 6.45) is 4.47. The Morgan fingerprint density at radius 1 is 1.07 bits per heavy atom. The van der Waals surface area contributed by atoms with Crippen LogP contribution >= 0.6 is 0 Å². The highest BCUT2D eigenvalue weighted by Crippen LogP contribution is 2.32. The maximum atomic E-state index is 10.7. The van der Waals surface area contributed by atoms with Gasteiger partial charge in [-0.1, -0.05) is 25.5 Å². The number of anilines is 1. The highest BCUT2D eigenvalue weighted by atomic mass is 16.5. The van der Waals surface area contributed by atoms with Crippen LogP contribution in [0.4, 0.5) is 5.95 Å². The van der Waals surface area contributed by atoms with Gasteiger partial charge in [-0.2, -0.15) is 0 Å². The topological polar surface area (TPSA) is 61.7 Å². The molecule has 6 heteroatoms. The van der Waals surface area contributed by atoms with Crippen molar-refractivity contribution >= 4 is 5.95 Å². The van der Waals surface area contributed by atoms with E-state index in [1.54, 1.807) is 0 Å². The largest absolute Gasteiger partial charge is 0.508 e. The van der Waals surface area contributed by atoms with Crippen molar-refractivity contribution in [3.05, 3.63) is 35.0 Å². The third-order valence-corrected chi connectivity index (χ3v) is 5.95. The van der Waals surface area contributed by atoms with Gasteiger partial charge in [-0.25, -0.2) is 9.97 Å². The van der Waals surface area contributed by atoms with Gasteiger partial charge in [0.15, 0.2) is 0 Å². The average Bonchev–Trinajstić information content (AvgIpc) is 3.25. The van der Waals surface area contributed by atoms with Crippen LogP contribution in [-0.4, -0.2) is 59.4 Å². The second kappa shape index (κ2) is 9.09. The molecule has 29 heavy (non-hydrogen) atoms. The van der Waals surface area contributed by atoms with Gasteiger partial charge in [-0.05, 0) is 50.9 Å². The molecule has 0 saturated carbocycles. The first-order valence-electron chi connectivity index (χ1n) is 10.9. The van der Waals surface area contributed by atoms with E-state index in [0.29, 0.717) is 19.0 Å². The summed E-state index contributed by atoms with van der Waals surface area (Å²) in [5.41, 5.74) is 5.11. The molecule has 156 valence electrons. The summed E-state index contributed by atoms with van der Waals surface area (Å²) in [5, 5.41) is 10.7. The van der Waals surface area contributed by atoms with Crippen molar-refractivity contribution in [1.82, 2.24) is 14.9 Å². The minimum Gasteiger partial charge on any atom is -0.508 e. The second-order valence-electron chi connectivity index (χ2n) is 8.11. The van der Waals surface area contributed by atoms with Gasteiger partial charge in [-0.15, -0.1) is 0 Å². The predicted octanol–water partition coefficient (Wildman–Crippen LogP) is 3.54. The van der Waals surface area contributed by atoms with E-state index in [1.165, 1.54) is 18.4 Å². The van der Waals surface area contributed by atoms with Gasteiger partial charge in [0.25, 0.3) is 0 Å². The molecule has 2 aliphatic heterocycles. The number of nitrogens with zero attached hydrogens (tertiary/aromatic N) is 4. The summed E-state index contributed by atoms with van der Waals surface area (Å²) in [6, 6.07) is 6.05. The number of hydrogen-bond donors (Lipinski definition) is 1. The van der Waals surface area contributed by atoms with Gasteiger partial charge in [0.05, 0.1) is 18.9 Å². The Morgan fingerprint density at radius 2 is 1.83 bits per heavy atom. The first-order valence-corrected chi connectivity index (χ1v) is 10.9. The van der Waals surface area contributed by atoms with E-state index in [4.69, 9.17) is 14.7 Å². The molecule has 3 heterocycles. The van der Waals surface area contributed by atoms with E-state index < -0.39 is 0 Å². The molecule has 0 spiro atoms.